The lowest BCUT2D eigenvalue weighted by molar-refractivity contribution is -0.116. The highest BCUT2D eigenvalue weighted by Crippen LogP contribution is 2.45. The summed E-state index contributed by atoms with van der Waals surface area (Å²) in [7, 11) is 0. The zero-order valence-corrected chi connectivity index (χ0v) is 17.4. The van der Waals surface area contributed by atoms with Crippen molar-refractivity contribution in [2.75, 3.05) is 0 Å². The van der Waals surface area contributed by atoms with E-state index in [4.69, 9.17) is 11.6 Å². The number of ketones is 1. The molecule has 0 spiro atoms. The van der Waals surface area contributed by atoms with Crippen LogP contribution >= 0.6 is 11.6 Å². The summed E-state index contributed by atoms with van der Waals surface area (Å²) in [5.41, 5.74) is 6.53. The van der Waals surface area contributed by atoms with Gasteiger partial charge in [-0.25, -0.2) is 0 Å². The Morgan fingerprint density at radius 3 is 2.34 bits per heavy atom. The molecule has 0 unspecified atom stereocenters. The van der Waals surface area contributed by atoms with Crippen LogP contribution in [0.5, 0.6) is 0 Å². The van der Waals surface area contributed by atoms with Crippen LogP contribution in [0.15, 0.2) is 71.1 Å². The van der Waals surface area contributed by atoms with Crippen LogP contribution in [-0.2, 0) is 11.2 Å². The molecule has 3 nitrogen and oxygen atoms in total. The summed E-state index contributed by atoms with van der Waals surface area (Å²) in [6.45, 7) is 4.04. The zero-order chi connectivity index (χ0) is 20.5. The van der Waals surface area contributed by atoms with Crippen molar-refractivity contribution in [1.29, 1.82) is 5.26 Å². The number of Topliss-reactive ketones (excluding diaryl/α,β-unsaturated/α-hetero) is 1. The van der Waals surface area contributed by atoms with E-state index in [-0.39, 0.29) is 17.6 Å². The maximum Gasteiger partial charge on any atom is 0.162 e. The minimum Gasteiger partial charge on any atom is -0.361 e. The molecule has 2 atom stereocenters. The lowest BCUT2D eigenvalue weighted by Gasteiger charge is -2.35. The third-order valence-corrected chi connectivity index (χ3v) is 6.26. The molecule has 2 aromatic rings. The van der Waals surface area contributed by atoms with Crippen molar-refractivity contribution in [1.82, 2.24) is 5.32 Å². The number of benzene rings is 2. The molecule has 0 saturated heterocycles. The number of rotatable bonds is 3. The van der Waals surface area contributed by atoms with E-state index < -0.39 is 0 Å². The summed E-state index contributed by atoms with van der Waals surface area (Å²) in [5.74, 6) is -0.0603. The normalized spacial score (nSPS) is 21.5. The summed E-state index contributed by atoms with van der Waals surface area (Å²) in [6.07, 6.45) is 2.16. The Bertz CT molecular complexity index is 1060. The molecule has 1 heterocycles. The lowest BCUT2D eigenvalue weighted by Crippen LogP contribution is -2.33. The highest BCUT2D eigenvalue weighted by atomic mass is 35.5. The smallest absolute Gasteiger partial charge is 0.162 e. The minimum atomic E-state index is -0.291. The number of hydrogen-bond acceptors (Lipinski definition) is 3. The van der Waals surface area contributed by atoms with Gasteiger partial charge in [0, 0.05) is 28.4 Å². The van der Waals surface area contributed by atoms with E-state index in [0.717, 1.165) is 40.9 Å². The Morgan fingerprint density at radius 1 is 1.07 bits per heavy atom. The predicted octanol–water partition coefficient (Wildman–Crippen LogP) is 5.79. The molecule has 0 bridgehead atoms. The molecule has 0 amide bonds. The fraction of sp³-hybridized carbons (Fsp3) is 0.280. The SMILES string of the molecule is CCc1ccc([C@H]2C(C#N)=C(C)NC3=C2C(=O)C[C@H](c2ccc(Cl)cc2)C3)cc1. The number of carbonyl (C=O) groups is 1. The van der Waals surface area contributed by atoms with Gasteiger partial charge in [0.05, 0.1) is 17.6 Å². The number of dihydropyridines is 1. The molecule has 0 fully saturated rings. The molecule has 1 N–H and O–H groups in total. The van der Waals surface area contributed by atoms with Crippen LogP contribution in [0, 0.1) is 11.3 Å². The van der Waals surface area contributed by atoms with Crippen molar-refractivity contribution in [3.8, 4) is 6.07 Å². The second kappa shape index (κ2) is 7.89. The van der Waals surface area contributed by atoms with E-state index >= 15 is 0 Å². The highest BCUT2D eigenvalue weighted by molar-refractivity contribution is 6.30. The maximum atomic E-state index is 13.3. The molecule has 0 aromatic heterocycles. The van der Waals surface area contributed by atoms with Gasteiger partial charge in [-0.1, -0.05) is 54.9 Å². The first-order valence-electron chi connectivity index (χ1n) is 10.00. The maximum absolute atomic E-state index is 13.3. The number of halogens is 1. The summed E-state index contributed by atoms with van der Waals surface area (Å²) in [6, 6.07) is 18.4. The fourth-order valence-corrected chi connectivity index (χ4v) is 4.56. The van der Waals surface area contributed by atoms with Gasteiger partial charge in [0.2, 0.25) is 0 Å². The Kier molecular flexibility index (Phi) is 5.30. The summed E-state index contributed by atoms with van der Waals surface area (Å²) in [4.78, 5) is 13.3. The van der Waals surface area contributed by atoms with Gasteiger partial charge >= 0.3 is 0 Å². The first kappa shape index (κ1) is 19.5. The number of nitriles is 1. The molecule has 146 valence electrons. The molecule has 1 aliphatic carbocycles. The number of nitrogens with zero attached hydrogens (tertiary/aromatic N) is 1. The van der Waals surface area contributed by atoms with Gasteiger partial charge in [-0.05, 0) is 54.5 Å². The van der Waals surface area contributed by atoms with E-state index in [0.29, 0.717) is 17.0 Å². The van der Waals surface area contributed by atoms with Crippen LogP contribution in [0.25, 0.3) is 0 Å². The Morgan fingerprint density at radius 2 is 1.72 bits per heavy atom. The van der Waals surface area contributed by atoms with Crippen LogP contribution in [-0.4, -0.2) is 5.78 Å². The molecule has 0 saturated carbocycles. The van der Waals surface area contributed by atoms with Gasteiger partial charge in [0.15, 0.2) is 5.78 Å². The van der Waals surface area contributed by atoms with E-state index in [1.807, 2.05) is 31.2 Å². The van der Waals surface area contributed by atoms with Crippen molar-refractivity contribution in [2.45, 2.75) is 44.9 Å². The molecule has 0 radical (unpaired) electrons. The van der Waals surface area contributed by atoms with Crippen molar-refractivity contribution in [2.24, 2.45) is 0 Å². The van der Waals surface area contributed by atoms with Crippen LogP contribution in [0.4, 0.5) is 0 Å². The molecular formula is C25H23ClN2O. The molecule has 1 aliphatic heterocycles. The zero-order valence-electron chi connectivity index (χ0n) is 16.6. The molecular weight excluding hydrogens is 380 g/mol. The Labute approximate surface area is 176 Å². The van der Waals surface area contributed by atoms with Crippen LogP contribution < -0.4 is 5.32 Å². The first-order valence-corrected chi connectivity index (χ1v) is 10.4. The quantitative estimate of drug-likeness (QED) is 0.707. The largest absolute Gasteiger partial charge is 0.361 e. The molecule has 2 aliphatic rings. The van der Waals surface area contributed by atoms with Gasteiger partial charge in [-0.3, -0.25) is 4.79 Å². The van der Waals surface area contributed by atoms with Crippen LogP contribution in [0.3, 0.4) is 0 Å². The summed E-state index contributed by atoms with van der Waals surface area (Å²) < 4.78 is 0. The monoisotopic (exact) mass is 402 g/mol. The third kappa shape index (κ3) is 3.61. The standard InChI is InChI=1S/C25H23ClN2O/c1-3-16-4-6-18(7-5-16)24-21(14-27)15(2)28-22-12-19(13-23(29)25(22)24)17-8-10-20(26)11-9-17/h4-11,19,24,28H,3,12-13H2,1-2H3/t19-,24+/m1/s1. The first-order chi connectivity index (χ1) is 14.0. The van der Waals surface area contributed by atoms with E-state index in [1.54, 1.807) is 0 Å². The highest BCUT2D eigenvalue weighted by Gasteiger charge is 2.38. The third-order valence-electron chi connectivity index (χ3n) is 6.01. The van der Waals surface area contributed by atoms with Gasteiger partial charge in [0.25, 0.3) is 0 Å². The topological polar surface area (TPSA) is 52.9 Å². The number of aryl methyl sites for hydroxylation is 1. The Balaban J connectivity index is 1.75. The van der Waals surface area contributed by atoms with Crippen molar-refractivity contribution in [3.05, 3.63) is 92.8 Å². The van der Waals surface area contributed by atoms with E-state index in [1.165, 1.54) is 5.56 Å². The molecule has 4 heteroatoms. The second-order valence-corrected chi connectivity index (χ2v) is 8.21. The number of hydrogen-bond donors (Lipinski definition) is 1. The van der Waals surface area contributed by atoms with Crippen molar-refractivity contribution >= 4 is 17.4 Å². The summed E-state index contributed by atoms with van der Waals surface area (Å²) >= 11 is 6.02. The van der Waals surface area contributed by atoms with Gasteiger partial charge in [-0.2, -0.15) is 5.26 Å². The number of carbonyl (C=O) groups excluding carboxylic acids is 1. The van der Waals surface area contributed by atoms with Crippen LogP contribution in [0.1, 0.15) is 55.2 Å². The van der Waals surface area contributed by atoms with E-state index in [9.17, 15) is 10.1 Å². The minimum absolute atomic E-state index is 0.114. The summed E-state index contributed by atoms with van der Waals surface area (Å²) in [5, 5.41) is 13.9. The molecule has 4 rings (SSSR count). The van der Waals surface area contributed by atoms with E-state index in [2.05, 4.69) is 42.6 Å². The number of nitrogens with one attached hydrogen (secondary N) is 1. The van der Waals surface area contributed by atoms with Gasteiger partial charge in [-0.15, -0.1) is 0 Å². The molecule has 2 aromatic carbocycles. The number of allylic oxidation sites excluding steroid dienone is 4. The predicted molar refractivity (Wildman–Crippen MR) is 115 cm³/mol. The van der Waals surface area contributed by atoms with Crippen molar-refractivity contribution < 1.29 is 4.79 Å². The lowest BCUT2D eigenvalue weighted by atomic mass is 9.72. The van der Waals surface area contributed by atoms with Crippen LogP contribution in [0.2, 0.25) is 5.02 Å². The average Bonchev–Trinajstić information content (AvgIpc) is 2.73. The van der Waals surface area contributed by atoms with Crippen molar-refractivity contribution in [3.63, 3.8) is 0 Å². The fourth-order valence-electron chi connectivity index (χ4n) is 4.44. The van der Waals surface area contributed by atoms with Gasteiger partial charge < -0.3 is 5.32 Å². The van der Waals surface area contributed by atoms with Gasteiger partial charge in [0.1, 0.15) is 0 Å². The average molecular weight is 403 g/mol. The molecule has 29 heavy (non-hydrogen) atoms. The second-order valence-electron chi connectivity index (χ2n) is 7.78. The Hall–Kier alpha value is -2.83.